The van der Waals surface area contributed by atoms with Crippen molar-refractivity contribution in [3.63, 3.8) is 0 Å². The van der Waals surface area contributed by atoms with E-state index < -0.39 is 0 Å². The molecule has 0 radical (unpaired) electrons. The number of hydrogen-bond acceptors (Lipinski definition) is 6. The number of aromatic nitrogens is 3. The van der Waals surface area contributed by atoms with Gasteiger partial charge in [-0.1, -0.05) is 6.92 Å². The number of rotatable bonds is 6. The molecule has 0 atom stereocenters. The van der Waals surface area contributed by atoms with Crippen molar-refractivity contribution in [1.82, 2.24) is 15.0 Å². The van der Waals surface area contributed by atoms with E-state index in [0.29, 0.717) is 0 Å². The molecule has 0 bridgehead atoms. The smallest absolute Gasteiger partial charge is 0.146 e. The number of thiazole rings is 1. The van der Waals surface area contributed by atoms with Crippen molar-refractivity contribution in [2.24, 2.45) is 0 Å². The third kappa shape index (κ3) is 3.63. The predicted molar refractivity (Wildman–Crippen MR) is 82.7 cm³/mol. The van der Waals surface area contributed by atoms with Gasteiger partial charge in [-0.15, -0.1) is 11.3 Å². The zero-order valence-electron chi connectivity index (χ0n) is 10.9. The highest BCUT2D eigenvalue weighted by molar-refractivity contribution is 9.10. The van der Waals surface area contributed by atoms with Gasteiger partial charge in [0.05, 0.1) is 17.7 Å². The van der Waals surface area contributed by atoms with Crippen LogP contribution in [0.4, 0.5) is 11.6 Å². The molecule has 0 aliphatic carbocycles. The predicted octanol–water partition coefficient (Wildman–Crippen LogP) is 3.44. The molecule has 2 aromatic rings. The van der Waals surface area contributed by atoms with Crippen LogP contribution in [-0.4, -0.2) is 21.5 Å². The van der Waals surface area contributed by atoms with E-state index in [0.717, 1.165) is 41.3 Å². The third-order valence-corrected chi connectivity index (χ3v) is 4.28. The number of halogens is 1. The van der Waals surface area contributed by atoms with E-state index in [-0.39, 0.29) is 0 Å². The summed E-state index contributed by atoms with van der Waals surface area (Å²) in [4.78, 5) is 13.9. The third-order valence-electron chi connectivity index (χ3n) is 2.59. The van der Waals surface area contributed by atoms with Crippen LogP contribution in [0.3, 0.4) is 0 Å². The first kappa shape index (κ1) is 14.2. The van der Waals surface area contributed by atoms with Crippen LogP contribution in [0.2, 0.25) is 0 Å². The normalized spacial score (nSPS) is 10.5. The van der Waals surface area contributed by atoms with Crippen molar-refractivity contribution in [3.8, 4) is 0 Å². The number of anilines is 2. The summed E-state index contributed by atoms with van der Waals surface area (Å²) >= 11 is 5.18. The summed E-state index contributed by atoms with van der Waals surface area (Å²) in [6, 6.07) is 0. The summed E-state index contributed by atoms with van der Waals surface area (Å²) < 4.78 is 0.866. The molecular weight excluding hydrogens is 326 g/mol. The molecule has 0 amide bonds. The Labute approximate surface area is 125 Å². The SMILES string of the molecule is CCCNc1ncnc(NCc2scnc2C)c1Br. The quantitative estimate of drug-likeness (QED) is 0.842. The molecule has 102 valence electrons. The van der Waals surface area contributed by atoms with E-state index in [1.165, 1.54) is 4.88 Å². The average Bonchev–Trinajstić information content (AvgIpc) is 2.82. The molecule has 7 heteroatoms. The Morgan fingerprint density at radius 3 is 2.58 bits per heavy atom. The molecule has 19 heavy (non-hydrogen) atoms. The van der Waals surface area contributed by atoms with Crippen LogP contribution >= 0.6 is 27.3 Å². The van der Waals surface area contributed by atoms with Crippen LogP contribution in [0, 0.1) is 6.92 Å². The minimum atomic E-state index is 0.722. The lowest BCUT2D eigenvalue weighted by atomic mass is 10.4. The van der Waals surface area contributed by atoms with Crippen molar-refractivity contribution in [3.05, 3.63) is 26.9 Å². The highest BCUT2D eigenvalue weighted by Crippen LogP contribution is 2.27. The van der Waals surface area contributed by atoms with E-state index in [9.17, 15) is 0 Å². The second-order valence-electron chi connectivity index (χ2n) is 4.03. The Kier molecular flexibility index (Phi) is 5.09. The highest BCUT2D eigenvalue weighted by Gasteiger charge is 2.09. The molecule has 0 spiro atoms. The molecule has 0 aromatic carbocycles. The lowest BCUT2D eigenvalue weighted by Gasteiger charge is -2.10. The Balaban J connectivity index is 2.06. The molecule has 2 N–H and O–H groups in total. The highest BCUT2D eigenvalue weighted by atomic mass is 79.9. The summed E-state index contributed by atoms with van der Waals surface area (Å²) in [5.41, 5.74) is 2.92. The van der Waals surface area contributed by atoms with E-state index in [4.69, 9.17) is 0 Å². The van der Waals surface area contributed by atoms with E-state index in [1.807, 2.05) is 12.4 Å². The molecule has 5 nitrogen and oxygen atoms in total. The van der Waals surface area contributed by atoms with E-state index in [2.05, 4.69) is 48.4 Å². The van der Waals surface area contributed by atoms with Crippen LogP contribution in [0.15, 0.2) is 16.3 Å². The van der Waals surface area contributed by atoms with Gasteiger partial charge in [-0.25, -0.2) is 15.0 Å². The molecule has 0 aliphatic heterocycles. The standard InChI is InChI=1S/C12H16BrN5S/c1-3-4-14-11-10(13)12(17-6-16-11)15-5-9-8(2)18-7-19-9/h6-7H,3-5H2,1-2H3,(H2,14,15,16,17). The van der Waals surface area contributed by atoms with Gasteiger partial charge in [0.25, 0.3) is 0 Å². The lowest BCUT2D eigenvalue weighted by molar-refractivity contribution is 0.960. The summed E-state index contributed by atoms with van der Waals surface area (Å²) in [7, 11) is 0. The zero-order valence-corrected chi connectivity index (χ0v) is 13.3. The minimum Gasteiger partial charge on any atom is -0.369 e. The fourth-order valence-electron chi connectivity index (χ4n) is 1.52. The van der Waals surface area contributed by atoms with Crippen molar-refractivity contribution in [2.45, 2.75) is 26.8 Å². The van der Waals surface area contributed by atoms with Crippen molar-refractivity contribution >= 4 is 38.9 Å². The summed E-state index contributed by atoms with van der Waals surface area (Å²) in [6.45, 7) is 5.74. The molecule has 2 aromatic heterocycles. The number of nitrogens with one attached hydrogen (secondary N) is 2. The molecular formula is C12H16BrN5S. The van der Waals surface area contributed by atoms with Crippen molar-refractivity contribution in [2.75, 3.05) is 17.2 Å². The van der Waals surface area contributed by atoms with Gasteiger partial charge in [0, 0.05) is 11.4 Å². The van der Waals surface area contributed by atoms with Gasteiger partial charge < -0.3 is 10.6 Å². The lowest BCUT2D eigenvalue weighted by Crippen LogP contribution is -2.07. The van der Waals surface area contributed by atoms with Gasteiger partial charge in [0.15, 0.2) is 0 Å². The molecule has 0 fully saturated rings. The van der Waals surface area contributed by atoms with Gasteiger partial charge in [0.1, 0.15) is 22.4 Å². The van der Waals surface area contributed by atoms with Crippen LogP contribution < -0.4 is 10.6 Å². The Hall–Kier alpha value is -1.21. The summed E-state index contributed by atoms with van der Waals surface area (Å²) in [5.74, 6) is 1.61. The Bertz CT molecular complexity index is 543. The first-order valence-corrected chi connectivity index (χ1v) is 7.76. The number of aryl methyl sites for hydroxylation is 1. The van der Waals surface area contributed by atoms with Gasteiger partial charge in [-0.05, 0) is 29.3 Å². The molecule has 2 heterocycles. The summed E-state index contributed by atoms with van der Waals surface area (Å²) in [5, 5.41) is 6.57. The van der Waals surface area contributed by atoms with Gasteiger partial charge in [-0.2, -0.15) is 0 Å². The second kappa shape index (κ2) is 6.81. The second-order valence-corrected chi connectivity index (χ2v) is 5.76. The summed E-state index contributed by atoms with van der Waals surface area (Å²) in [6.07, 6.45) is 2.61. The first-order valence-electron chi connectivity index (χ1n) is 6.09. The number of hydrogen-bond donors (Lipinski definition) is 2. The van der Waals surface area contributed by atoms with Crippen molar-refractivity contribution < 1.29 is 0 Å². The minimum absolute atomic E-state index is 0.722. The van der Waals surface area contributed by atoms with Gasteiger partial charge in [0.2, 0.25) is 0 Å². The Morgan fingerprint density at radius 2 is 1.95 bits per heavy atom. The van der Waals surface area contributed by atoms with Crippen LogP contribution in [0.1, 0.15) is 23.9 Å². The number of nitrogens with zero attached hydrogens (tertiary/aromatic N) is 3. The average molecular weight is 342 g/mol. The molecule has 0 unspecified atom stereocenters. The van der Waals surface area contributed by atoms with Crippen LogP contribution in [0.5, 0.6) is 0 Å². The fourth-order valence-corrected chi connectivity index (χ4v) is 2.72. The maximum absolute atomic E-state index is 4.25. The largest absolute Gasteiger partial charge is 0.369 e. The van der Waals surface area contributed by atoms with E-state index in [1.54, 1.807) is 17.7 Å². The molecule has 0 saturated heterocycles. The Morgan fingerprint density at radius 1 is 1.21 bits per heavy atom. The van der Waals surface area contributed by atoms with Crippen molar-refractivity contribution in [1.29, 1.82) is 0 Å². The van der Waals surface area contributed by atoms with Gasteiger partial charge >= 0.3 is 0 Å². The maximum atomic E-state index is 4.25. The van der Waals surface area contributed by atoms with Crippen LogP contribution in [0.25, 0.3) is 0 Å². The first-order chi connectivity index (χ1) is 9.22. The van der Waals surface area contributed by atoms with Gasteiger partial charge in [-0.3, -0.25) is 0 Å². The van der Waals surface area contributed by atoms with Crippen LogP contribution in [-0.2, 0) is 6.54 Å². The monoisotopic (exact) mass is 341 g/mol. The fraction of sp³-hybridized carbons (Fsp3) is 0.417. The molecule has 2 rings (SSSR count). The molecule has 0 saturated carbocycles. The zero-order chi connectivity index (χ0) is 13.7. The molecule has 0 aliphatic rings. The van der Waals surface area contributed by atoms with E-state index >= 15 is 0 Å². The maximum Gasteiger partial charge on any atom is 0.146 e. The topological polar surface area (TPSA) is 62.7 Å².